The van der Waals surface area contributed by atoms with E-state index in [0.29, 0.717) is 19.5 Å². The molecule has 1 aliphatic rings. The van der Waals surface area contributed by atoms with E-state index in [0.717, 1.165) is 23.4 Å². The Labute approximate surface area is 120 Å². The quantitative estimate of drug-likeness (QED) is 0.917. The number of rotatable bonds is 2. The van der Waals surface area contributed by atoms with Gasteiger partial charge in [-0.1, -0.05) is 17.7 Å². The molecule has 6 heteroatoms. The van der Waals surface area contributed by atoms with Crippen LogP contribution in [0, 0.1) is 5.82 Å². The number of halogens is 2. The summed E-state index contributed by atoms with van der Waals surface area (Å²) >= 11 is 5.75. The molecule has 0 fully saturated rings. The van der Waals surface area contributed by atoms with Crippen LogP contribution < -0.4 is 10.9 Å². The van der Waals surface area contributed by atoms with Crippen LogP contribution in [0.15, 0.2) is 29.3 Å². The van der Waals surface area contributed by atoms with Crippen LogP contribution in [0.4, 0.5) is 4.39 Å². The molecular formula is C14H13ClFN3O. The van der Waals surface area contributed by atoms with Gasteiger partial charge in [0.15, 0.2) is 0 Å². The monoisotopic (exact) mass is 293 g/mol. The molecule has 0 saturated heterocycles. The summed E-state index contributed by atoms with van der Waals surface area (Å²) in [5.41, 5.74) is 2.32. The Morgan fingerprint density at radius 1 is 1.45 bits per heavy atom. The van der Waals surface area contributed by atoms with E-state index >= 15 is 0 Å². The van der Waals surface area contributed by atoms with Gasteiger partial charge in [-0.3, -0.25) is 9.36 Å². The van der Waals surface area contributed by atoms with E-state index in [-0.39, 0.29) is 10.6 Å². The maximum Gasteiger partial charge on any atom is 0.257 e. The molecule has 1 aromatic heterocycles. The van der Waals surface area contributed by atoms with Gasteiger partial charge in [0, 0.05) is 12.1 Å². The summed E-state index contributed by atoms with van der Waals surface area (Å²) in [7, 11) is 0. The summed E-state index contributed by atoms with van der Waals surface area (Å²) in [6.45, 7) is 1.76. The Morgan fingerprint density at radius 2 is 2.30 bits per heavy atom. The van der Waals surface area contributed by atoms with Gasteiger partial charge in [0.25, 0.3) is 5.56 Å². The molecule has 4 nitrogen and oxygen atoms in total. The number of hydrogen-bond donors (Lipinski definition) is 1. The normalized spacial score (nSPS) is 14.1. The van der Waals surface area contributed by atoms with Crippen molar-refractivity contribution in [3.05, 3.63) is 62.5 Å². The third-order valence-corrected chi connectivity index (χ3v) is 3.69. The Kier molecular flexibility index (Phi) is 3.54. The van der Waals surface area contributed by atoms with Crippen molar-refractivity contribution in [3.63, 3.8) is 0 Å². The second-order valence-electron chi connectivity index (χ2n) is 4.78. The van der Waals surface area contributed by atoms with Gasteiger partial charge in [-0.25, -0.2) is 9.37 Å². The second-order valence-corrected chi connectivity index (χ2v) is 5.19. The highest BCUT2D eigenvalue weighted by Gasteiger charge is 2.15. The fourth-order valence-corrected chi connectivity index (χ4v) is 2.54. The smallest absolute Gasteiger partial charge is 0.257 e. The van der Waals surface area contributed by atoms with Crippen molar-refractivity contribution in [3.8, 4) is 0 Å². The summed E-state index contributed by atoms with van der Waals surface area (Å²) in [6, 6.07) is 4.46. The average molecular weight is 294 g/mol. The van der Waals surface area contributed by atoms with Crippen LogP contribution in [0.2, 0.25) is 5.02 Å². The summed E-state index contributed by atoms with van der Waals surface area (Å²) in [5.74, 6) is -0.461. The maximum absolute atomic E-state index is 13.1. The fraction of sp³-hybridized carbons (Fsp3) is 0.286. The lowest BCUT2D eigenvalue weighted by molar-refractivity contribution is 0.595. The van der Waals surface area contributed by atoms with Crippen LogP contribution in [-0.4, -0.2) is 16.1 Å². The van der Waals surface area contributed by atoms with Crippen LogP contribution in [-0.2, 0) is 19.5 Å². The van der Waals surface area contributed by atoms with Gasteiger partial charge >= 0.3 is 0 Å². The molecule has 0 saturated carbocycles. The summed E-state index contributed by atoms with van der Waals surface area (Å²) in [6.07, 6.45) is 2.22. The Morgan fingerprint density at radius 3 is 3.10 bits per heavy atom. The topological polar surface area (TPSA) is 46.9 Å². The first-order valence-corrected chi connectivity index (χ1v) is 6.75. The number of nitrogens with zero attached hydrogens (tertiary/aromatic N) is 2. The molecule has 0 radical (unpaired) electrons. The third kappa shape index (κ3) is 2.46. The first kappa shape index (κ1) is 13.3. The van der Waals surface area contributed by atoms with E-state index < -0.39 is 5.82 Å². The Hall–Kier alpha value is -1.72. The summed E-state index contributed by atoms with van der Waals surface area (Å²) in [4.78, 5) is 16.7. The molecule has 0 spiro atoms. The molecule has 1 N–H and O–H groups in total. The molecule has 2 heterocycles. The molecule has 0 bridgehead atoms. The third-order valence-electron chi connectivity index (χ3n) is 3.40. The van der Waals surface area contributed by atoms with E-state index in [1.807, 2.05) is 0 Å². The van der Waals surface area contributed by atoms with Crippen molar-refractivity contribution >= 4 is 11.6 Å². The zero-order valence-electron chi connectivity index (χ0n) is 10.7. The van der Waals surface area contributed by atoms with Gasteiger partial charge in [-0.15, -0.1) is 0 Å². The highest BCUT2D eigenvalue weighted by molar-refractivity contribution is 6.30. The first-order chi connectivity index (χ1) is 9.65. The van der Waals surface area contributed by atoms with E-state index in [1.165, 1.54) is 23.0 Å². The minimum atomic E-state index is -0.461. The van der Waals surface area contributed by atoms with E-state index in [2.05, 4.69) is 10.3 Å². The van der Waals surface area contributed by atoms with Crippen molar-refractivity contribution < 1.29 is 4.39 Å². The lowest BCUT2D eigenvalue weighted by Crippen LogP contribution is -2.34. The van der Waals surface area contributed by atoms with Crippen LogP contribution in [0.1, 0.15) is 16.8 Å². The molecule has 0 aliphatic carbocycles. The minimum absolute atomic E-state index is 0.0306. The minimum Gasteiger partial charge on any atom is -0.311 e. The van der Waals surface area contributed by atoms with Gasteiger partial charge < -0.3 is 5.32 Å². The molecule has 1 aliphatic heterocycles. The van der Waals surface area contributed by atoms with Crippen molar-refractivity contribution in [2.45, 2.75) is 19.5 Å². The second kappa shape index (κ2) is 5.34. The van der Waals surface area contributed by atoms with E-state index in [4.69, 9.17) is 11.6 Å². The number of aromatic nitrogens is 2. The zero-order chi connectivity index (χ0) is 14.1. The van der Waals surface area contributed by atoms with Gasteiger partial charge in [0.2, 0.25) is 0 Å². The molecular weight excluding hydrogens is 281 g/mol. The van der Waals surface area contributed by atoms with E-state index in [1.54, 1.807) is 6.07 Å². The number of benzene rings is 1. The summed E-state index contributed by atoms with van der Waals surface area (Å²) in [5, 5.41) is 3.24. The van der Waals surface area contributed by atoms with Crippen molar-refractivity contribution in [2.24, 2.45) is 0 Å². The molecule has 20 heavy (non-hydrogen) atoms. The van der Waals surface area contributed by atoms with Crippen LogP contribution in [0.25, 0.3) is 0 Å². The average Bonchev–Trinajstić information content (AvgIpc) is 2.46. The number of hydrogen-bond acceptors (Lipinski definition) is 3. The SMILES string of the molecule is O=c1c2c(ncn1Cc1ccc(F)c(Cl)c1)CNCC2. The highest BCUT2D eigenvalue weighted by atomic mass is 35.5. The predicted octanol–water partition coefficient (Wildman–Crippen LogP) is 1.73. The van der Waals surface area contributed by atoms with Gasteiger partial charge in [-0.2, -0.15) is 0 Å². The number of fused-ring (bicyclic) bond motifs is 1. The van der Waals surface area contributed by atoms with E-state index in [9.17, 15) is 9.18 Å². The highest BCUT2D eigenvalue weighted by Crippen LogP contribution is 2.16. The van der Waals surface area contributed by atoms with Crippen LogP contribution in [0.3, 0.4) is 0 Å². The standard InChI is InChI=1S/C14H13ClFN3O/c15-11-5-9(1-2-12(11)16)7-19-8-18-13-6-17-4-3-10(13)14(19)20/h1-2,5,8,17H,3-4,6-7H2. The predicted molar refractivity (Wildman–Crippen MR) is 74.4 cm³/mol. The molecule has 3 rings (SSSR count). The molecule has 0 amide bonds. The number of nitrogens with one attached hydrogen (secondary N) is 1. The molecule has 2 aromatic rings. The first-order valence-electron chi connectivity index (χ1n) is 6.37. The summed E-state index contributed by atoms with van der Waals surface area (Å²) < 4.78 is 14.7. The molecule has 0 unspecified atom stereocenters. The lowest BCUT2D eigenvalue weighted by Gasteiger charge is -2.17. The molecule has 1 aromatic carbocycles. The van der Waals surface area contributed by atoms with Gasteiger partial charge in [0.05, 0.1) is 23.6 Å². The maximum atomic E-state index is 13.1. The van der Waals surface area contributed by atoms with Crippen molar-refractivity contribution in [2.75, 3.05) is 6.54 Å². The van der Waals surface area contributed by atoms with Crippen molar-refractivity contribution in [1.82, 2.24) is 14.9 Å². The fourth-order valence-electron chi connectivity index (χ4n) is 2.34. The lowest BCUT2D eigenvalue weighted by atomic mass is 10.1. The molecule has 104 valence electrons. The van der Waals surface area contributed by atoms with Gasteiger partial charge in [0.1, 0.15) is 5.82 Å². The van der Waals surface area contributed by atoms with Crippen LogP contribution in [0.5, 0.6) is 0 Å². The Balaban J connectivity index is 1.95. The van der Waals surface area contributed by atoms with Crippen molar-refractivity contribution in [1.29, 1.82) is 0 Å². The van der Waals surface area contributed by atoms with Crippen LogP contribution >= 0.6 is 11.6 Å². The zero-order valence-corrected chi connectivity index (χ0v) is 11.5. The molecule has 0 atom stereocenters. The largest absolute Gasteiger partial charge is 0.311 e. The van der Waals surface area contributed by atoms with Gasteiger partial charge in [-0.05, 0) is 30.7 Å². The Bertz CT molecular complexity index is 714.